The number of aromatic nitrogens is 5. The smallest absolute Gasteiger partial charge is 0.243 e. The van der Waals surface area contributed by atoms with Gasteiger partial charge in [0.2, 0.25) is 5.95 Å². The Morgan fingerprint density at radius 3 is 2.55 bits per heavy atom. The molecule has 1 fully saturated rings. The number of rotatable bonds is 8. The largest absolute Gasteiger partial charge is 0.380 e. The number of nitrogen functional groups attached to an aromatic ring is 1. The van der Waals surface area contributed by atoms with Crippen LogP contribution in [0.15, 0.2) is 18.5 Å². The molecule has 1 aliphatic heterocycles. The Labute approximate surface area is 196 Å². The number of aryl methyl sites for hydroxylation is 1. The highest BCUT2D eigenvalue weighted by Crippen LogP contribution is 2.24. The second-order valence-corrected chi connectivity index (χ2v) is 9.32. The summed E-state index contributed by atoms with van der Waals surface area (Å²) >= 11 is 0. The van der Waals surface area contributed by atoms with Crippen molar-refractivity contribution in [2.45, 2.75) is 65.0 Å². The number of hydrogen-bond acceptors (Lipinski definition) is 8. The van der Waals surface area contributed by atoms with E-state index in [0.717, 1.165) is 43.0 Å². The molecule has 3 aromatic rings. The van der Waals surface area contributed by atoms with E-state index in [1.807, 2.05) is 12.4 Å². The summed E-state index contributed by atoms with van der Waals surface area (Å²) in [6.45, 7) is 8.53. The summed E-state index contributed by atoms with van der Waals surface area (Å²) in [7, 11) is 4.34. The molecule has 1 saturated heterocycles. The second-order valence-electron chi connectivity index (χ2n) is 9.32. The van der Waals surface area contributed by atoms with Crippen molar-refractivity contribution in [1.82, 2.24) is 29.5 Å². The zero-order chi connectivity index (χ0) is 23.5. The van der Waals surface area contributed by atoms with Gasteiger partial charge in [-0.3, -0.25) is 0 Å². The van der Waals surface area contributed by atoms with E-state index in [9.17, 15) is 0 Å². The van der Waals surface area contributed by atoms with Gasteiger partial charge in [-0.1, -0.05) is 19.9 Å². The van der Waals surface area contributed by atoms with Crippen molar-refractivity contribution in [1.29, 1.82) is 0 Å². The third-order valence-electron chi connectivity index (χ3n) is 6.70. The van der Waals surface area contributed by atoms with Crippen molar-refractivity contribution in [2.24, 2.45) is 0 Å². The minimum Gasteiger partial charge on any atom is -0.380 e. The van der Waals surface area contributed by atoms with Crippen LogP contribution in [0.4, 0.5) is 17.6 Å². The Kier molecular flexibility index (Phi) is 6.97. The van der Waals surface area contributed by atoms with Crippen molar-refractivity contribution < 1.29 is 0 Å². The second kappa shape index (κ2) is 9.91. The number of pyridine rings is 1. The van der Waals surface area contributed by atoms with E-state index < -0.39 is 0 Å². The lowest BCUT2D eigenvalue weighted by atomic mass is 10.0. The van der Waals surface area contributed by atoms with Gasteiger partial charge < -0.3 is 20.9 Å². The van der Waals surface area contributed by atoms with Crippen LogP contribution in [0.3, 0.4) is 0 Å². The number of anilines is 3. The average Bonchev–Trinajstić information content (AvgIpc) is 3.20. The molecular formula is C24H37N9. The lowest BCUT2D eigenvalue weighted by Gasteiger charge is -2.36. The van der Waals surface area contributed by atoms with E-state index in [0.29, 0.717) is 35.9 Å². The minimum absolute atomic E-state index is 0.325. The maximum atomic E-state index is 6.18. The predicted molar refractivity (Wildman–Crippen MR) is 134 cm³/mol. The van der Waals surface area contributed by atoms with Crippen LogP contribution in [0.1, 0.15) is 56.4 Å². The molecule has 0 spiro atoms. The van der Waals surface area contributed by atoms with Gasteiger partial charge in [-0.2, -0.15) is 4.98 Å². The number of nitrogens with two attached hydrogens (primary N) is 1. The van der Waals surface area contributed by atoms with Crippen LogP contribution < -0.4 is 16.0 Å². The highest BCUT2D eigenvalue weighted by Gasteiger charge is 2.22. The summed E-state index contributed by atoms with van der Waals surface area (Å²) < 4.78 is 1.73. The average molecular weight is 452 g/mol. The van der Waals surface area contributed by atoms with Crippen LogP contribution in [0.5, 0.6) is 0 Å². The fourth-order valence-corrected chi connectivity index (χ4v) is 4.64. The minimum atomic E-state index is 0.325. The lowest BCUT2D eigenvalue weighted by Crippen LogP contribution is -2.42. The number of fused-ring (bicyclic) bond motifs is 1. The van der Waals surface area contributed by atoms with Crippen LogP contribution in [-0.2, 0) is 6.42 Å². The van der Waals surface area contributed by atoms with Gasteiger partial charge in [-0.25, -0.2) is 14.5 Å². The third kappa shape index (κ3) is 5.19. The molecule has 9 heteroatoms. The molecule has 9 nitrogen and oxygen atoms in total. The highest BCUT2D eigenvalue weighted by molar-refractivity contribution is 5.61. The third-order valence-corrected chi connectivity index (χ3v) is 6.70. The van der Waals surface area contributed by atoms with Crippen LogP contribution in [0.25, 0.3) is 5.65 Å². The Morgan fingerprint density at radius 2 is 1.91 bits per heavy atom. The van der Waals surface area contributed by atoms with Gasteiger partial charge in [0.25, 0.3) is 0 Å². The molecule has 4 rings (SSSR count). The molecule has 3 aromatic heterocycles. The van der Waals surface area contributed by atoms with Crippen molar-refractivity contribution >= 4 is 23.2 Å². The van der Waals surface area contributed by atoms with Crippen LogP contribution in [-0.4, -0.2) is 68.7 Å². The molecule has 0 saturated carbocycles. The van der Waals surface area contributed by atoms with Gasteiger partial charge in [0.05, 0.1) is 11.9 Å². The van der Waals surface area contributed by atoms with Crippen LogP contribution in [0.2, 0.25) is 0 Å². The van der Waals surface area contributed by atoms with E-state index in [1.165, 1.54) is 18.4 Å². The summed E-state index contributed by atoms with van der Waals surface area (Å²) in [5.41, 5.74) is 10.0. The highest BCUT2D eigenvalue weighted by atomic mass is 15.3. The molecule has 3 N–H and O–H groups in total. The Hall–Kier alpha value is -2.94. The Balaban J connectivity index is 1.48. The van der Waals surface area contributed by atoms with E-state index in [-0.39, 0.29) is 0 Å². The zero-order valence-corrected chi connectivity index (χ0v) is 20.5. The number of nitrogens with zero attached hydrogens (tertiary/aromatic N) is 7. The van der Waals surface area contributed by atoms with Gasteiger partial charge in [0, 0.05) is 37.8 Å². The summed E-state index contributed by atoms with van der Waals surface area (Å²) in [5.74, 6) is 2.02. The first-order chi connectivity index (χ1) is 15.9. The molecule has 0 bridgehead atoms. The maximum Gasteiger partial charge on any atom is 0.243 e. The van der Waals surface area contributed by atoms with E-state index in [2.05, 4.69) is 71.1 Å². The van der Waals surface area contributed by atoms with Crippen molar-refractivity contribution in [3.8, 4) is 0 Å². The van der Waals surface area contributed by atoms with E-state index in [4.69, 9.17) is 10.7 Å². The van der Waals surface area contributed by atoms with Gasteiger partial charge in [-0.05, 0) is 57.8 Å². The van der Waals surface area contributed by atoms with E-state index >= 15 is 0 Å². The van der Waals surface area contributed by atoms with Crippen molar-refractivity contribution in [3.05, 3.63) is 35.3 Å². The SMILES string of the molecule is CCC(CC)Nc1nc(N)c2nc(Cc3cnc(N4CCC(N(C)C)CC4)c(C)c3)cn2n1. The maximum absolute atomic E-state index is 6.18. The van der Waals surface area contributed by atoms with Gasteiger partial charge in [-0.15, -0.1) is 5.10 Å². The topological polar surface area (TPSA) is 100 Å². The Bertz CT molecular complexity index is 1080. The molecule has 1 aliphatic rings. The molecule has 33 heavy (non-hydrogen) atoms. The van der Waals surface area contributed by atoms with Gasteiger partial charge >= 0.3 is 0 Å². The molecule has 0 amide bonds. The van der Waals surface area contributed by atoms with Gasteiger partial charge in [0.1, 0.15) is 5.82 Å². The quantitative estimate of drug-likeness (QED) is 0.539. The summed E-state index contributed by atoms with van der Waals surface area (Å²) in [6.07, 6.45) is 8.93. The molecule has 4 heterocycles. The predicted octanol–water partition coefficient (Wildman–Crippen LogP) is 3.13. The van der Waals surface area contributed by atoms with Crippen LogP contribution in [0, 0.1) is 6.92 Å². The standard InChI is InChI=1S/C24H37N9/c1-6-18(7-2)28-24-29-21(25)23-27-19(15-33(23)30-24)13-17-12-16(3)22(26-14-17)32-10-8-20(9-11-32)31(4)5/h12,14-15,18,20H,6-11,13H2,1-5H3,(H3,25,28,29,30). The molecule has 0 unspecified atom stereocenters. The van der Waals surface area contributed by atoms with Crippen molar-refractivity contribution in [2.75, 3.05) is 43.1 Å². The van der Waals surface area contributed by atoms with Crippen molar-refractivity contribution in [3.63, 3.8) is 0 Å². The zero-order valence-electron chi connectivity index (χ0n) is 20.5. The lowest BCUT2D eigenvalue weighted by molar-refractivity contribution is 0.249. The normalized spacial score (nSPS) is 15.2. The van der Waals surface area contributed by atoms with Gasteiger partial charge in [0.15, 0.2) is 11.5 Å². The number of piperidine rings is 1. The molecule has 0 atom stereocenters. The molecule has 0 aliphatic carbocycles. The molecule has 178 valence electrons. The first kappa shape index (κ1) is 23.2. The molecular weight excluding hydrogens is 414 g/mol. The Morgan fingerprint density at radius 1 is 1.18 bits per heavy atom. The first-order valence-electron chi connectivity index (χ1n) is 12.0. The number of hydrogen-bond donors (Lipinski definition) is 2. The monoisotopic (exact) mass is 451 g/mol. The summed E-state index contributed by atoms with van der Waals surface area (Å²) in [5, 5.41) is 7.93. The van der Waals surface area contributed by atoms with Crippen LogP contribution >= 0.6 is 0 Å². The fourth-order valence-electron chi connectivity index (χ4n) is 4.64. The van der Waals surface area contributed by atoms with E-state index in [1.54, 1.807) is 4.52 Å². The molecule has 0 radical (unpaired) electrons. The summed E-state index contributed by atoms with van der Waals surface area (Å²) in [6, 6.07) is 3.21. The fraction of sp³-hybridized carbons (Fsp3) is 0.583. The summed E-state index contributed by atoms with van der Waals surface area (Å²) in [4.78, 5) is 18.6. The number of imidazole rings is 1. The number of nitrogens with one attached hydrogen (secondary N) is 1. The first-order valence-corrected chi connectivity index (χ1v) is 12.0. The molecule has 0 aromatic carbocycles.